The van der Waals surface area contributed by atoms with Gasteiger partial charge in [-0.15, -0.1) is 0 Å². The molecule has 0 aliphatic heterocycles. The van der Waals surface area contributed by atoms with Crippen LogP contribution in [-0.4, -0.2) is 25.2 Å². The van der Waals surface area contributed by atoms with Crippen LogP contribution in [0.2, 0.25) is 0 Å². The second-order valence-corrected chi connectivity index (χ2v) is 4.32. The first kappa shape index (κ1) is 15.0. The van der Waals surface area contributed by atoms with Gasteiger partial charge in [0.2, 0.25) is 5.91 Å². The van der Waals surface area contributed by atoms with Gasteiger partial charge in [-0.1, -0.05) is 6.07 Å². The smallest absolute Gasteiger partial charge is 0.407 e. The van der Waals surface area contributed by atoms with Crippen LogP contribution in [0.25, 0.3) is 0 Å². The highest BCUT2D eigenvalue weighted by atomic mass is 16.5. The molecule has 0 aliphatic carbocycles. The molecule has 2 amide bonds. The summed E-state index contributed by atoms with van der Waals surface area (Å²) in [6.45, 7) is 6.26. The molecule has 0 heterocycles. The summed E-state index contributed by atoms with van der Waals surface area (Å²) in [6.07, 6.45) is -0.284. The van der Waals surface area contributed by atoms with Crippen molar-refractivity contribution in [1.29, 1.82) is 0 Å². The van der Waals surface area contributed by atoms with Crippen molar-refractivity contribution < 1.29 is 14.3 Å². The summed E-state index contributed by atoms with van der Waals surface area (Å²) < 4.78 is 4.69. The lowest BCUT2D eigenvalue weighted by Gasteiger charge is -2.08. The summed E-state index contributed by atoms with van der Waals surface area (Å²) in [5.41, 5.74) is 2.97. The Morgan fingerprint density at radius 1 is 1.16 bits per heavy atom. The van der Waals surface area contributed by atoms with Crippen molar-refractivity contribution in [2.24, 2.45) is 0 Å². The molecular formula is C14H20N2O3. The van der Waals surface area contributed by atoms with E-state index >= 15 is 0 Å². The minimum absolute atomic E-state index is 0.137. The van der Waals surface area contributed by atoms with Crippen LogP contribution in [0, 0.1) is 13.8 Å². The van der Waals surface area contributed by atoms with Gasteiger partial charge >= 0.3 is 6.09 Å². The number of aryl methyl sites for hydroxylation is 2. The van der Waals surface area contributed by atoms with E-state index in [1.165, 1.54) is 0 Å². The zero-order chi connectivity index (χ0) is 14.3. The molecule has 0 spiro atoms. The van der Waals surface area contributed by atoms with E-state index in [0.29, 0.717) is 6.61 Å². The molecule has 0 bridgehead atoms. The van der Waals surface area contributed by atoms with E-state index in [2.05, 4.69) is 10.6 Å². The number of nitrogens with one attached hydrogen (secondary N) is 2. The molecule has 0 saturated carbocycles. The first-order valence-corrected chi connectivity index (χ1v) is 6.30. The number of carbonyl (C=O) groups excluding carboxylic acids is 2. The lowest BCUT2D eigenvalue weighted by molar-refractivity contribution is -0.116. The number of hydrogen-bond donors (Lipinski definition) is 2. The Bertz CT molecular complexity index is 438. The summed E-state index contributed by atoms with van der Waals surface area (Å²) in [5.74, 6) is -0.137. The Kier molecular flexibility index (Phi) is 5.85. The topological polar surface area (TPSA) is 67.4 Å². The second kappa shape index (κ2) is 7.41. The summed E-state index contributed by atoms with van der Waals surface area (Å²) >= 11 is 0. The van der Waals surface area contributed by atoms with E-state index < -0.39 is 6.09 Å². The third kappa shape index (κ3) is 5.90. The molecule has 0 fully saturated rings. The molecule has 104 valence electrons. The molecule has 0 saturated heterocycles. The van der Waals surface area contributed by atoms with Crippen LogP contribution in [0.3, 0.4) is 0 Å². The Hall–Kier alpha value is -2.04. The lowest BCUT2D eigenvalue weighted by atomic mass is 10.1. The average molecular weight is 264 g/mol. The largest absolute Gasteiger partial charge is 0.450 e. The molecule has 1 aromatic carbocycles. The van der Waals surface area contributed by atoms with Crippen LogP contribution in [0.4, 0.5) is 10.5 Å². The standard InChI is InChI=1S/C14H20N2O3/c1-4-19-14(18)15-6-5-13(17)16-12-8-10(2)7-11(3)9-12/h7-9H,4-6H2,1-3H3,(H,15,18)(H,16,17). The summed E-state index contributed by atoms with van der Waals surface area (Å²) in [7, 11) is 0. The minimum atomic E-state index is -0.498. The predicted octanol–water partition coefficient (Wildman–Crippen LogP) is 2.38. The van der Waals surface area contributed by atoms with Crippen molar-refractivity contribution in [2.45, 2.75) is 27.2 Å². The maximum atomic E-state index is 11.7. The van der Waals surface area contributed by atoms with E-state index in [1.807, 2.05) is 32.0 Å². The highest BCUT2D eigenvalue weighted by Crippen LogP contribution is 2.13. The monoisotopic (exact) mass is 264 g/mol. The fourth-order valence-corrected chi connectivity index (χ4v) is 1.73. The Labute approximate surface area is 113 Å². The number of hydrogen-bond acceptors (Lipinski definition) is 3. The number of alkyl carbamates (subject to hydrolysis) is 1. The highest BCUT2D eigenvalue weighted by Gasteiger charge is 2.05. The molecule has 0 aliphatic rings. The van der Waals surface area contributed by atoms with Crippen LogP contribution in [0.1, 0.15) is 24.5 Å². The van der Waals surface area contributed by atoms with E-state index in [9.17, 15) is 9.59 Å². The highest BCUT2D eigenvalue weighted by molar-refractivity contribution is 5.91. The molecule has 1 rings (SSSR count). The van der Waals surface area contributed by atoms with Gasteiger partial charge in [0.15, 0.2) is 0 Å². The number of amides is 2. The van der Waals surface area contributed by atoms with Crippen molar-refractivity contribution in [3.63, 3.8) is 0 Å². The van der Waals surface area contributed by atoms with Crippen LogP contribution in [-0.2, 0) is 9.53 Å². The van der Waals surface area contributed by atoms with E-state index in [1.54, 1.807) is 6.92 Å². The molecule has 19 heavy (non-hydrogen) atoms. The van der Waals surface area contributed by atoms with E-state index in [-0.39, 0.29) is 18.9 Å². The maximum absolute atomic E-state index is 11.7. The molecule has 5 nitrogen and oxygen atoms in total. The Balaban J connectivity index is 2.37. The second-order valence-electron chi connectivity index (χ2n) is 4.32. The third-order valence-corrected chi connectivity index (χ3v) is 2.40. The minimum Gasteiger partial charge on any atom is -0.450 e. The fraction of sp³-hybridized carbons (Fsp3) is 0.429. The van der Waals surface area contributed by atoms with Gasteiger partial charge < -0.3 is 15.4 Å². The van der Waals surface area contributed by atoms with Crippen molar-refractivity contribution in [3.05, 3.63) is 29.3 Å². The van der Waals surface area contributed by atoms with Gasteiger partial charge in [-0.3, -0.25) is 4.79 Å². The maximum Gasteiger partial charge on any atom is 0.407 e. The van der Waals surface area contributed by atoms with Crippen molar-refractivity contribution in [1.82, 2.24) is 5.32 Å². The summed E-state index contributed by atoms with van der Waals surface area (Å²) in [4.78, 5) is 22.7. The summed E-state index contributed by atoms with van der Waals surface area (Å²) in [5, 5.41) is 5.30. The fourth-order valence-electron chi connectivity index (χ4n) is 1.73. The molecule has 0 aromatic heterocycles. The van der Waals surface area contributed by atoms with Crippen molar-refractivity contribution >= 4 is 17.7 Å². The first-order chi connectivity index (χ1) is 9.01. The van der Waals surface area contributed by atoms with Gasteiger partial charge in [-0.2, -0.15) is 0 Å². The molecule has 1 aromatic rings. The lowest BCUT2D eigenvalue weighted by Crippen LogP contribution is -2.28. The van der Waals surface area contributed by atoms with Gasteiger partial charge in [0.05, 0.1) is 6.61 Å². The average Bonchev–Trinajstić information content (AvgIpc) is 2.27. The SMILES string of the molecule is CCOC(=O)NCCC(=O)Nc1cc(C)cc(C)c1. The van der Waals surface area contributed by atoms with Crippen molar-refractivity contribution in [3.8, 4) is 0 Å². The van der Waals surface area contributed by atoms with Crippen molar-refractivity contribution in [2.75, 3.05) is 18.5 Å². The Morgan fingerprint density at radius 2 is 1.79 bits per heavy atom. The molecule has 0 radical (unpaired) electrons. The zero-order valence-electron chi connectivity index (χ0n) is 11.6. The van der Waals surface area contributed by atoms with E-state index in [4.69, 9.17) is 4.74 Å². The number of benzene rings is 1. The molecular weight excluding hydrogens is 244 g/mol. The van der Waals surface area contributed by atoms with Gasteiger partial charge in [0.25, 0.3) is 0 Å². The molecule has 0 unspecified atom stereocenters. The van der Waals surface area contributed by atoms with Crippen LogP contribution in [0.5, 0.6) is 0 Å². The predicted molar refractivity (Wildman–Crippen MR) is 74.2 cm³/mol. The summed E-state index contributed by atoms with van der Waals surface area (Å²) in [6, 6.07) is 5.85. The normalized spacial score (nSPS) is 9.84. The molecule has 2 N–H and O–H groups in total. The quantitative estimate of drug-likeness (QED) is 0.858. The van der Waals surface area contributed by atoms with Gasteiger partial charge in [0.1, 0.15) is 0 Å². The van der Waals surface area contributed by atoms with Crippen LogP contribution >= 0.6 is 0 Å². The van der Waals surface area contributed by atoms with Gasteiger partial charge in [0, 0.05) is 18.7 Å². The van der Waals surface area contributed by atoms with Crippen LogP contribution < -0.4 is 10.6 Å². The third-order valence-electron chi connectivity index (χ3n) is 2.40. The number of anilines is 1. The Morgan fingerprint density at radius 3 is 2.37 bits per heavy atom. The number of rotatable bonds is 5. The van der Waals surface area contributed by atoms with Gasteiger partial charge in [-0.25, -0.2) is 4.79 Å². The molecule has 5 heteroatoms. The zero-order valence-corrected chi connectivity index (χ0v) is 11.6. The molecule has 0 atom stereocenters. The van der Waals surface area contributed by atoms with Gasteiger partial charge in [-0.05, 0) is 44.0 Å². The first-order valence-electron chi connectivity index (χ1n) is 6.30. The van der Waals surface area contributed by atoms with Crippen LogP contribution in [0.15, 0.2) is 18.2 Å². The number of carbonyl (C=O) groups is 2. The van der Waals surface area contributed by atoms with E-state index in [0.717, 1.165) is 16.8 Å². The number of ether oxygens (including phenoxy) is 1.